The van der Waals surface area contributed by atoms with Gasteiger partial charge in [0.1, 0.15) is 0 Å². The van der Waals surface area contributed by atoms with E-state index in [1.165, 1.54) is 4.31 Å². The summed E-state index contributed by atoms with van der Waals surface area (Å²) in [6.45, 7) is 4.41. The largest absolute Gasteiger partial charge is 0.338 e. The van der Waals surface area contributed by atoms with Crippen molar-refractivity contribution < 1.29 is 13.2 Å². The van der Waals surface area contributed by atoms with Crippen molar-refractivity contribution in [3.05, 3.63) is 30.3 Å². The molecule has 6 nitrogen and oxygen atoms in total. The van der Waals surface area contributed by atoms with Gasteiger partial charge in [-0.2, -0.15) is 4.31 Å². The summed E-state index contributed by atoms with van der Waals surface area (Å²) in [5.41, 5.74) is -0.501. The van der Waals surface area contributed by atoms with E-state index in [1.807, 2.05) is 6.92 Å². The highest BCUT2D eigenvalue weighted by Crippen LogP contribution is 2.23. The highest BCUT2D eigenvalue weighted by Gasteiger charge is 2.39. The topological polar surface area (TPSA) is 69.7 Å². The van der Waals surface area contributed by atoms with E-state index in [0.29, 0.717) is 31.1 Å². The lowest BCUT2D eigenvalue weighted by atomic mass is 9.89. The Morgan fingerprint density at radius 2 is 1.72 bits per heavy atom. The van der Waals surface area contributed by atoms with E-state index in [-0.39, 0.29) is 18.3 Å². The summed E-state index contributed by atoms with van der Waals surface area (Å²) in [5, 5.41) is 3.34. The summed E-state index contributed by atoms with van der Waals surface area (Å²) in [5.74, 6) is 0.0963. The summed E-state index contributed by atoms with van der Waals surface area (Å²) < 4.78 is 26.8. The third kappa shape index (κ3) is 4.16. The number of benzene rings is 1. The first-order valence-electron chi connectivity index (χ1n) is 8.53. The molecule has 1 aromatic carbocycles. The van der Waals surface area contributed by atoms with Gasteiger partial charge in [-0.3, -0.25) is 4.79 Å². The highest BCUT2D eigenvalue weighted by atomic mass is 35.5. The van der Waals surface area contributed by atoms with Crippen molar-refractivity contribution in [1.29, 1.82) is 0 Å². The number of amides is 1. The molecular weight excluding hydrogens is 362 g/mol. The molecule has 2 fully saturated rings. The lowest BCUT2D eigenvalue weighted by Gasteiger charge is -2.41. The summed E-state index contributed by atoms with van der Waals surface area (Å²) >= 11 is 0. The number of sulfonamides is 1. The van der Waals surface area contributed by atoms with Crippen molar-refractivity contribution >= 4 is 28.3 Å². The van der Waals surface area contributed by atoms with Crippen molar-refractivity contribution in [3.8, 4) is 0 Å². The lowest BCUT2D eigenvalue weighted by Crippen LogP contribution is -2.61. The highest BCUT2D eigenvalue weighted by molar-refractivity contribution is 7.89. The molecule has 25 heavy (non-hydrogen) atoms. The SMILES string of the molecule is CC1(C(=O)N2CCN(S(=O)(=O)c3ccccc3)CC2)CCCCN1.Cl. The predicted octanol–water partition coefficient (Wildman–Crippen LogP) is 1.47. The number of halogens is 1. The van der Waals surface area contributed by atoms with Crippen LogP contribution in [0.3, 0.4) is 0 Å². The second-order valence-electron chi connectivity index (χ2n) is 6.73. The number of rotatable bonds is 3. The van der Waals surface area contributed by atoms with E-state index in [9.17, 15) is 13.2 Å². The van der Waals surface area contributed by atoms with E-state index in [2.05, 4.69) is 5.32 Å². The maximum atomic E-state index is 12.8. The summed E-state index contributed by atoms with van der Waals surface area (Å²) in [7, 11) is -3.47. The smallest absolute Gasteiger partial charge is 0.243 e. The molecule has 3 rings (SSSR count). The normalized spacial score (nSPS) is 25.2. The van der Waals surface area contributed by atoms with Gasteiger partial charge in [0.2, 0.25) is 15.9 Å². The summed E-state index contributed by atoms with van der Waals surface area (Å²) in [6, 6.07) is 8.47. The van der Waals surface area contributed by atoms with Crippen molar-refractivity contribution in [3.63, 3.8) is 0 Å². The Labute approximate surface area is 156 Å². The number of hydrogen-bond donors (Lipinski definition) is 1. The van der Waals surface area contributed by atoms with Gasteiger partial charge in [0, 0.05) is 26.2 Å². The Bertz CT molecular complexity index is 682. The number of piperazine rings is 1. The van der Waals surface area contributed by atoms with Gasteiger partial charge in [-0.1, -0.05) is 18.2 Å². The number of carbonyl (C=O) groups is 1. The van der Waals surface area contributed by atoms with Crippen LogP contribution in [0, 0.1) is 0 Å². The fourth-order valence-corrected chi connectivity index (χ4v) is 4.90. The third-order valence-electron chi connectivity index (χ3n) is 5.00. The van der Waals surface area contributed by atoms with Gasteiger partial charge in [0.15, 0.2) is 0 Å². The van der Waals surface area contributed by atoms with Gasteiger partial charge < -0.3 is 10.2 Å². The first kappa shape index (κ1) is 20.2. The van der Waals surface area contributed by atoms with Crippen LogP contribution in [-0.2, 0) is 14.8 Å². The molecule has 0 saturated carbocycles. The number of nitrogens with zero attached hydrogens (tertiary/aromatic N) is 2. The van der Waals surface area contributed by atoms with E-state index in [1.54, 1.807) is 35.2 Å². The van der Waals surface area contributed by atoms with Crippen LogP contribution < -0.4 is 5.32 Å². The van der Waals surface area contributed by atoms with Gasteiger partial charge >= 0.3 is 0 Å². The first-order valence-corrected chi connectivity index (χ1v) is 9.97. The number of nitrogens with one attached hydrogen (secondary N) is 1. The summed E-state index contributed by atoms with van der Waals surface area (Å²) in [6.07, 6.45) is 3.00. The second-order valence-corrected chi connectivity index (χ2v) is 8.66. The molecule has 1 amide bonds. The first-order chi connectivity index (χ1) is 11.4. The zero-order valence-electron chi connectivity index (χ0n) is 14.5. The lowest BCUT2D eigenvalue weighted by molar-refractivity contribution is -0.140. The Balaban J connectivity index is 0.00000225. The molecule has 1 aromatic rings. The van der Waals surface area contributed by atoms with Crippen LogP contribution in [0.2, 0.25) is 0 Å². The zero-order chi connectivity index (χ0) is 17.2. The van der Waals surface area contributed by atoms with Gasteiger partial charge in [-0.15, -0.1) is 12.4 Å². The molecule has 2 heterocycles. The van der Waals surface area contributed by atoms with Crippen LogP contribution in [0.25, 0.3) is 0 Å². The minimum atomic E-state index is -3.47. The van der Waals surface area contributed by atoms with E-state index >= 15 is 0 Å². The van der Waals surface area contributed by atoms with E-state index < -0.39 is 15.6 Å². The fraction of sp³-hybridized carbons (Fsp3) is 0.588. The van der Waals surface area contributed by atoms with Crippen LogP contribution in [0.1, 0.15) is 26.2 Å². The molecule has 140 valence electrons. The predicted molar refractivity (Wildman–Crippen MR) is 99.3 cm³/mol. The van der Waals surface area contributed by atoms with Crippen LogP contribution in [0.4, 0.5) is 0 Å². The minimum absolute atomic E-state index is 0. The molecular formula is C17H26ClN3O3S. The minimum Gasteiger partial charge on any atom is -0.338 e. The Hall–Kier alpha value is -1.15. The van der Waals surface area contributed by atoms with Gasteiger partial charge in [-0.25, -0.2) is 8.42 Å². The molecule has 2 aliphatic heterocycles. The summed E-state index contributed by atoms with van der Waals surface area (Å²) in [4.78, 5) is 14.9. The van der Waals surface area contributed by atoms with Crippen molar-refractivity contribution in [1.82, 2.24) is 14.5 Å². The number of carbonyl (C=O) groups excluding carboxylic acids is 1. The Kier molecular flexibility index (Phi) is 6.48. The molecule has 1 unspecified atom stereocenters. The molecule has 0 aromatic heterocycles. The Morgan fingerprint density at radius 1 is 1.08 bits per heavy atom. The Morgan fingerprint density at radius 3 is 2.28 bits per heavy atom. The average Bonchev–Trinajstić information content (AvgIpc) is 2.62. The monoisotopic (exact) mass is 387 g/mol. The van der Waals surface area contributed by atoms with Crippen molar-refractivity contribution in [2.45, 2.75) is 36.6 Å². The standard InChI is InChI=1S/C17H25N3O3S.ClH/c1-17(9-5-6-10-18-17)16(21)19-11-13-20(14-12-19)24(22,23)15-7-3-2-4-8-15;/h2-4,7-8,18H,5-6,9-14H2,1H3;1H. The molecule has 1 atom stereocenters. The van der Waals surface area contributed by atoms with Gasteiger partial charge in [0.05, 0.1) is 10.4 Å². The fourth-order valence-electron chi connectivity index (χ4n) is 3.46. The van der Waals surface area contributed by atoms with E-state index in [4.69, 9.17) is 0 Å². The van der Waals surface area contributed by atoms with Crippen LogP contribution in [-0.4, -0.2) is 61.8 Å². The van der Waals surface area contributed by atoms with Crippen LogP contribution >= 0.6 is 12.4 Å². The van der Waals surface area contributed by atoms with Crippen molar-refractivity contribution in [2.24, 2.45) is 0 Å². The van der Waals surface area contributed by atoms with E-state index in [0.717, 1.165) is 25.8 Å². The number of hydrogen-bond acceptors (Lipinski definition) is 4. The zero-order valence-corrected chi connectivity index (χ0v) is 16.1. The van der Waals surface area contributed by atoms with Gasteiger partial charge in [0.25, 0.3) is 0 Å². The second kappa shape index (κ2) is 8.03. The maximum absolute atomic E-state index is 12.8. The molecule has 0 radical (unpaired) electrons. The van der Waals surface area contributed by atoms with Crippen LogP contribution in [0.15, 0.2) is 35.2 Å². The van der Waals surface area contributed by atoms with Crippen LogP contribution in [0.5, 0.6) is 0 Å². The molecule has 2 saturated heterocycles. The maximum Gasteiger partial charge on any atom is 0.243 e. The molecule has 1 N–H and O–H groups in total. The molecule has 2 aliphatic rings. The van der Waals surface area contributed by atoms with Gasteiger partial charge in [-0.05, 0) is 44.9 Å². The molecule has 0 spiro atoms. The molecule has 8 heteroatoms. The van der Waals surface area contributed by atoms with Crippen molar-refractivity contribution in [2.75, 3.05) is 32.7 Å². The third-order valence-corrected chi connectivity index (χ3v) is 6.91. The average molecular weight is 388 g/mol. The number of piperidine rings is 1. The molecule has 0 aliphatic carbocycles. The quantitative estimate of drug-likeness (QED) is 0.852. The molecule has 0 bridgehead atoms.